The van der Waals surface area contributed by atoms with E-state index in [1.807, 2.05) is 36.6 Å². The minimum absolute atomic E-state index is 0.0900. The molecule has 1 atom stereocenters. The first-order valence-corrected chi connectivity index (χ1v) is 6.90. The summed E-state index contributed by atoms with van der Waals surface area (Å²) in [4.78, 5) is 4.41. The highest BCUT2D eigenvalue weighted by molar-refractivity contribution is 7.09. The van der Waals surface area contributed by atoms with E-state index in [-0.39, 0.29) is 12.6 Å². The van der Waals surface area contributed by atoms with E-state index in [4.69, 9.17) is 16.9 Å². The SMILES string of the molecule is C#CCOc1cccc(CC(N)c2csc(C)n2)c1. The van der Waals surface area contributed by atoms with Crippen LogP contribution in [0, 0.1) is 19.3 Å². The van der Waals surface area contributed by atoms with Crippen LogP contribution in [0.3, 0.4) is 0 Å². The topological polar surface area (TPSA) is 48.1 Å². The standard InChI is InChI=1S/C15H16N2OS/c1-3-7-18-13-6-4-5-12(8-13)9-14(16)15-10-19-11(2)17-15/h1,4-6,8,10,14H,7,9,16H2,2H3. The first-order chi connectivity index (χ1) is 9.19. The second-order valence-electron chi connectivity index (χ2n) is 4.24. The first-order valence-electron chi connectivity index (χ1n) is 6.02. The summed E-state index contributed by atoms with van der Waals surface area (Å²) in [6, 6.07) is 7.74. The zero-order valence-corrected chi connectivity index (χ0v) is 11.6. The Kier molecular flexibility index (Phi) is 4.56. The van der Waals surface area contributed by atoms with Crippen molar-refractivity contribution < 1.29 is 4.74 Å². The number of benzene rings is 1. The van der Waals surface area contributed by atoms with Gasteiger partial charge < -0.3 is 10.5 Å². The number of aryl methyl sites for hydroxylation is 1. The molecule has 19 heavy (non-hydrogen) atoms. The molecule has 98 valence electrons. The Balaban J connectivity index is 2.04. The number of thiazole rings is 1. The van der Waals surface area contributed by atoms with Gasteiger partial charge in [0.05, 0.1) is 16.7 Å². The molecule has 0 saturated carbocycles. The van der Waals surface area contributed by atoms with Crippen LogP contribution in [0.25, 0.3) is 0 Å². The Hall–Kier alpha value is -1.83. The molecule has 0 saturated heterocycles. The number of ether oxygens (including phenoxy) is 1. The Labute approximate surface area is 117 Å². The van der Waals surface area contributed by atoms with Crippen LogP contribution < -0.4 is 10.5 Å². The average Bonchev–Trinajstić information content (AvgIpc) is 2.83. The van der Waals surface area contributed by atoms with Crippen LogP contribution in [0.4, 0.5) is 0 Å². The van der Waals surface area contributed by atoms with Crippen LogP contribution in [0.1, 0.15) is 22.3 Å². The van der Waals surface area contributed by atoms with Crippen LogP contribution in [0.15, 0.2) is 29.6 Å². The van der Waals surface area contributed by atoms with Crippen molar-refractivity contribution in [1.82, 2.24) is 4.98 Å². The second kappa shape index (κ2) is 6.37. The zero-order chi connectivity index (χ0) is 13.7. The third kappa shape index (κ3) is 3.82. The normalized spacial score (nSPS) is 11.8. The summed E-state index contributed by atoms with van der Waals surface area (Å²) < 4.78 is 5.40. The molecule has 0 amide bonds. The van der Waals surface area contributed by atoms with Crippen molar-refractivity contribution >= 4 is 11.3 Å². The van der Waals surface area contributed by atoms with Crippen LogP contribution in [-0.2, 0) is 6.42 Å². The fourth-order valence-electron chi connectivity index (χ4n) is 1.80. The summed E-state index contributed by atoms with van der Waals surface area (Å²) >= 11 is 1.62. The number of rotatable bonds is 5. The fraction of sp³-hybridized carbons (Fsp3) is 0.267. The van der Waals surface area contributed by atoms with Gasteiger partial charge in [0.15, 0.2) is 0 Å². The minimum atomic E-state index is -0.0900. The largest absolute Gasteiger partial charge is 0.481 e. The Bertz CT molecular complexity index is 586. The Morgan fingerprint density at radius 2 is 2.37 bits per heavy atom. The predicted octanol–water partition coefficient (Wildman–Crippen LogP) is 2.71. The zero-order valence-electron chi connectivity index (χ0n) is 10.8. The molecule has 0 fully saturated rings. The van der Waals surface area contributed by atoms with Gasteiger partial charge in [0.2, 0.25) is 0 Å². The summed E-state index contributed by atoms with van der Waals surface area (Å²) in [7, 11) is 0. The van der Waals surface area contributed by atoms with E-state index in [0.29, 0.717) is 0 Å². The maximum atomic E-state index is 6.16. The van der Waals surface area contributed by atoms with Gasteiger partial charge in [-0.15, -0.1) is 17.8 Å². The number of nitrogens with two attached hydrogens (primary N) is 1. The van der Waals surface area contributed by atoms with E-state index in [1.165, 1.54) is 0 Å². The molecule has 2 rings (SSSR count). The molecular weight excluding hydrogens is 256 g/mol. The fourth-order valence-corrected chi connectivity index (χ4v) is 2.47. The molecule has 0 aliphatic carbocycles. The van der Waals surface area contributed by atoms with Crippen LogP contribution in [0.5, 0.6) is 5.75 Å². The smallest absolute Gasteiger partial charge is 0.148 e. The highest BCUT2D eigenvalue weighted by atomic mass is 32.1. The van der Waals surface area contributed by atoms with Gasteiger partial charge in [-0.2, -0.15) is 0 Å². The summed E-state index contributed by atoms with van der Waals surface area (Å²) in [6.45, 7) is 2.26. The average molecular weight is 272 g/mol. The molecule has 1 aromatic heterocycles. The molecule has 2 N–H and O–H groups in total. The van der Waals surface area contributed by atoms with E-state index in [9.17, 15) is 0 Å². The molecule has 1 aromatic carbocycles. The lowest BCUT2D eigenvalue weighted by Crippen LogP contribution is -2.13. The molecule has 4 heteroatoms. The second-order valence-corrected chi connectivity index (χ2v) is 5.30. The molecule has 0 aliphatic heterocycles. The Morgan fingerprint density at radius 1 is 1.53 bits per heavy atom. The summed E-state index contributed by atoms with van der Waals surface area (Å²) in [6.07, 6.45) is 5.90. The molecule has 2 aromatic rings. The lowest BCUT2D eigenvalue weighted by molar-refractivity contribution is 0.370. The van der Waals surface area contributed by atoms with E-state index >= 15 is 0 Å². The maximum Gasteiger partial charge on any atom is 0.148 e. The van der Waals surface area contributed by atoms with Crippen molar-refractivity contribution in [3.8, 4) is 18.1 Å². The molecule has 3 nitrogen and oxygen atoms in total. The minimum Gasteiger partial charge on any atom is -0.481 e. The summed E-state index contributed by atoms with van der Waals surface area (Å²) in [5.41, 5.74) is 8.22. The third-order valence-corrected chi connectivity index (χ3v) is 3.48. The number of nitrogens with zero attached hydrogens (tertiary/aromatic N) is 1. The van der Waals surface area contributed by atoms with Crippen LogP contribution >= 0.6 is 11.3 Å². The van der Waals surface area contributed by atoms with Crippen molar-refractivity contribution in [3.05, 3.63) is 45.9 Å². The van der Waals surface area contributed by atoms with Gasteiger partial charge >= 0.3 is 0 Å². The van der Waals surface area contributed by atoms with Crippen LogP contribution in [-0.4, -0.2) is 11.6 Å². The van der Waals surface area contributed by atoms with Crippen molar-refractivity contribution in [1.29, 1.82) is 0 Å². The molecule has 1 unspecified atom stereocenters. The predicted molar refractivity (Wildman–Crippen MR) is 78.3 cm³/mol. The van der Waals surface area contributed by atoms with Gasteiger partial charge in [-0.25, -0.2) is 4.98 Å². The highest BCUT2D eigenvalue weighted by Crippen LogP contribution is 2.21. The first kappa shape index (κ1) is 13.6. The number of terminal acetylenes is 1. The van der Waals surface area contributed by atoms with Crippen molar-refractivity contribution in [2.75, 3.05) is 6.61 Å². The molecule has 0 spiro atoms. The van der Waals surface area contributed by atoms with Gasteiger partial charge in [-0.3, -0.25) is 0 Å². The van der Waals surface area contributed by atoms with Gasteiger partial charge in [0, 0.05) is 5.38 Å². The van der Waals surface area contributed by atoms with Crippen LogP contribution in [0.2, 0.25) is 0 Å². The van der Waals surface area contributed by atoms with Crippen molar-refractivity contribution in [2.24, 2.45) is 5.73 Å². The van der Waals surface area contributed by atoms with E-state index in [1.54, 1.807) is 11.3 Å². The van der Waals surface area contributed by atoms with Gasteiger partial charge in [0.1, 0.15) is 12.4 Å². The lowest BCUT2D eigenvalue weighted by atomic mass is 10.0. The molecular formula is C15H16N2OS. The van der Waals surface area contributed by atoms with Gasteiger partial charge in [-0.05, 0) is 31.0 Å². The summed E-state index contributed by atoms with van der Waals surface area (Å²) in [5.74, 6) is 3.22. The molecule has 0 radical (unpaired) electrons. The number of hydrogen-bond acceptors (Lipinski definition) is 4. The van der Waals surface area contributed by atoms with E-state index in [2.05, 4.69) is 10.9 Å². The number of hydrogen-bond donors (Lipinski definition) is 1. The van der Waals surface area contributed by atoms with E-state index < -0.39 is 0 Å². The van der Waals surface area contributed by atoms with Gasteiger partial charge in [-0.1, -0.05) is 18.1 Å². The number of aromatic nitrogens is 1. The Morgan fingerprint density at radius 3 is 3.05 bits per heavy atom. The molecule has 0 aliphatic rings. The van der Waals surface area contributed by atoms with E-state index in [0.717, 1.165) is 28.4 Å². The lowest BCUT2D eigenvalue weighted by Gasteiger charge is -2.10. The summed E-state index contributed by atoms with van der Waals surface area (Å²) in [5, 5.41) is 3.05. The molecule has 1 heterocycles. The molecule has 0 bridgehead atoms. The highest BCUT2D eigenvalue weighted by Gasteiger charge is 2.10. The maximum absolute atomic E-state index is 6.16. The quantitative estimate of drug-likeness (QED) is 0.851. The van der Waals surface area contributed by atoms with Crippen molar-refractivity contribution in [2.45, 2.75) is 19.4 Å². The monoisotopic (exact) mass is 272 g/mol. The van der Waals surface area contributed by atoms with Gasteiger partial charge in [0.25, 0.3) is 0 Å². The third-order valence-electron chi connectivity index (χ3n) is 2.69. The van der Waals surface area contributed by atoms with Crippen molar-refractivity contribution in [3.63, 3.8) is 0 Å².